The van der Waals surface area contributed by atoms with Crippen LogP contribution in [0.2, 0.25) is 0 Å². The zero-order valence-electron chi connectivity index (χ0n) is 8.55. The normalized spacial score (nSPS) is 14.6. The summed E-state index contributed by atoms with van der Waals surface area (Å²) in [6, 6.07) is 6.27. The second-order valence-corrected chi connectivity index (χ2v) is 4.32. The number of rotatable bonds is 1. The van der Waals surface area contributed by atoms with Crippen LogP contribution >= 0.6 is 11.5 Å². The van der Waals surface area contributed by atoms with Gasteiger partial charge in [0.2, 0.25) is 0 Å². The molecule has 0 spiro atoms. The zero-order chi connectivity index (χ0) is 10.8. The van der Waals surface area contributed by atoms with E-state index in [-0.39, 0.29) is 0 Å². The summed E-state index contributed by atoms with van der Waals surface area (Å²) in [5.41, 5.74) is 2.32. The molecular formula is C13H10N2S. The van der Waals surface area contributed by atoms with Gasteiger partial charge in [0.1, 0.15) is 0 Å². The Balaban J connectivity index is 2.18. The van der Waals surface area contributed by atoms with Crippen molar-refractivity contribution >= 4 is 27.3 Å². The van der Waals surface area contributed by atoms with E-state index in [1.54, 1.807) is 0 Å². The van der Waals surface area contributed by atoms with Gasteiger partial charge in [-0.1, -0.05) is 30.4 Å². The van der Waals surface area contributed by atoms with Crippen molar-refractivity contribution < 1.29 is 0 Å². The van der Waals surface area contributed by atoms with Crippen molar-refractivity contribution in [1.29, 1.82) is 0 Å². The fraction of sp³-hybridized carbons (Fsp3) is 0. The molecule has 0 atom stereocenters. The number of nitrogens with zero attached hydrogens (tertiary/aromatic N) is 1. The van der Waals surface area contributed by atoms with Gasteiger partial charge in [-0.25, -0.2) is 0 Å². The van der Waals surface area contributed by atoms with Gasteiger partial charge in [-0.05, 0) is 23.7 Å². The molecule has 2 aromatic rings. The number of nitrogens with one attached hydrogen (secondary N) is 1. The minimum Gasteiger partial charge on any atom is -0.361 e. The molecule has 0 amide bonds. The van der Waals surface area contributed by atoms with E-state index in [9.17, 15) is 0 Å². The number of aromatic nitrogens is 1. The van der Waals surface area contributed by atoms with Crippen molar-refractivity contribution in [2.75, 3.05) is 0 Å². The molecule has 16 heavy (non-hydrogen) atoms. The van der Waals surface area contributed by atoms with Crippen LogP contribution in [0.25, 0.3) is 15.8 Å². The summed E-state index contributed by atoms with van der Waals surface area (Å²) in [5, 5.41) is 4.47. The van der Waals surface area contributed by atoms with Crippen molar-refractivity contribution in [3.8, 4) is 0 Å². The van der Waals surface area contributed by atoms with Crippen molar-refractivity contribution in [2.24, 2.45) is 0 Å². The van der Waals surface area contributed by atoms with Gasteiger partial charge in [-0.2, -0.15) is 4.37 Å². The lowest BCUT2D eigenvalue weighted by atomic mass is 10.1. The number of fused-ring (bicyclic) bond motifs is 1. The first kappa shape index (κ1) is 9.36. The van der Waals surface area contributed by atoms with Crippen LogP contribution < -0.4 is 5.32 Å². The average Bonchev–Trinajstić information content (AvgIpc) is 2.63. The summed E-state index contributed by atoms with van der Waals surface area (Å²) in [4.78, 5) is 0. The molecule has 78 valence electrons. The first-order valence-electron chi connectivity index (χ1n) is 5.09. The van der Waals surface area contributed by atoms with E-state index in [2.05, 4.69) is 34.0 Å². The quantitative estimate of drug-likeness (QED) is 0.807. The van der Waals surface area contributed by atoms with Gasteiger partial charge in [-0.15, -0.1) is 0 Å². The summed E-state index contributed by atoms with van der Waals surface area (Å²) in [7, 11) is 0. The summed E-state index contributed by atoms with van der Waals surface area (Å²) >= 11 is 1.54. The Bertz CT molecular complexity index is 605. The van der Waals surface area contributed by atoms with Crippen LogP contribution in [0.15, 0.2) is 54.9 Å². The van der Waals surface area contributed by atoms with Crippen molar-refractivity contribution in [3.63, 3.8) is 0 Å². The maximum absolute atomic E-state index is 4.23. The Morgan fingerprint density at radius 3 is 3.12 bits per heavy atom. The van der Waals surface area contributed by atoms with E-state index >= 15 is 0 Å². The number of benzene rings is 1. The Hall–Kier alpha value is -1.87. The monoisotopic (exact) mass is 226 g/mol. The van der Waals surface area contributed by atoms with E-state index in [4.69, 9.17) is 0 Å². The maximum atomic E-state index is 4.23. The van der Waals surface area contributed by atoms with E-state index in [0.717, 1.165) is 5.70 Å². The third kappa shape index (κ3) is 1.55. The lowest BCUT2D eigenvalue weighted by molar-refractivity contribution is 1.23. The summed E-state index contributed by atoms with van der Waals surface area (Å²) in [6.45, 7) is 0. The molecule has 0 saturated heterocycles. The molecule has 1 aromatic carbocycles. The van der Waals surface area contributed by atoms with Gasteiger partial charge in [0.25, 0.3) is 0 Å². The fourth-order valence-corrected chi connectivity index (χ4v) is 2.51. The molecule has 3 heteroatoms. The van der Waals surface area contributed by atoms with Crippen LogP contribution in [0.4, 0.5) is 0 Å². The molecule has 1 aliphatic rings. The van der Waals surface area contributed by atoms with E-state index in [1.807, 2.05) is 30.6 Å². The highest BCUT2D eigenvalue weighted by Gasteiger charge is 2.06. The molecule has 1 aromatic heterocycles. The van der Waals surface area contributed by atoms with E-state index in [0.29, 0.717) is 0 Å². The highest BCUT2D eigenvalue weighted by atomic mass is 32.1. The molecule has 2 nitrogen and oxygen atoms in total. The van der Waals surface area contributed by atoms with Crippen LogP contribution in [-0.4, -0.2) is 4.37 Å². The standard InChI is InChI=1S/C13H10N2S/c1-2-7-12(14-8-3-1)11-6-4-5-10-9-15-16-13(10)11/h1-9,14H. The Morgan fingerprint density at radius 2 is 2.12 bits per heavy atom. The van der Waals surface area contributed by atoms with Gasteiger partial charge >= 0.3 is 0 Å². The molecule has 0 fully saturated rings. The van der Waals surface area contributed by atoms with Crippen LogP contribution in [0.5, 0.6) is 0 Å². The Labute approximate surface area is 97.8 Å². The lowest BCUT2D eigenvalue weighted by Gasteiger charge is -2.06. The number of allylic oxidation sites excluding steroid dienone is 4. The van der Waals surface area contributed by atoms with Crippen LogP contribution in [0.1, 0.15) is 5.56 Å². The zero-order valence-corrected chi connectivity index (χ0v) is 9.37. The van der Waals surface area contributed by atoms with Crippen LogP contribution in [-0.2, 0) is 0 Å². The smallest absolute Gasteiger partial charge is 0.0643 e. The van der Waals surface area contributed by atoms with Gasteiger partial charge in [0, 0.05) is 29.0 Å². The molecule has 0 unspecified atom stereocenters. The van der Waals surface area contributed by atoms with E-state index < -0.39 is 0 Å². The highest BCUT2D eigenvalue weighted by Crippen LogP contribution is 2.27. The first-order chi connectivity index (χ1) is 7.95. The lowest BCUT2D eigenvalue weighted by Crippen LogP contribution is -2.02. The predicted octanol–water partition coefficient (Wildman–Crippen LogP) is 3.31. The topological polar surface area (TPSA) is 24.9 Å². The molecule has 0 bridgehead atoms. The molecule has 0 saturated carbocycles. The fourth-order valence-electron chi connectivity index (χ4n) is 1.73. The second kappa shape index (κ2) is 3.94. The molecule has 1 aliphatic heterocycles. The predicted molar refractivity (Wildman–Crippen MR) is 69.0 cm³/mol. The SMILES string of the molecule is C1=CC=C(c2cccc3cnsc23)NC=C1. The largest absolute Gasteiger partial charge is 0.361 e. The molecule has 0 aliphatic carbocycles. The third-order valence-corrected chi connectivity index (χ3v) is 3.34. The molecule has 3 rings (SSSR count). The highest BCUT2D eigenvalue weighted by molar-refractivity contribution is 7.13. The summed E-state index contributed by atoms with van der Waals surface area (Å²) < 4.78 is 5.46. The minimum atomic E-state index is 1.11. The average molecular weight is 226 g/mol. The molecule has 0 radical (unpaired) electrons. The van der Waals surface area contributed by atoms with Crippen molar-refractivity contribution in [2.45, 2.75) is 0 Å². The third-order valence-electron chi connectivity index (χ3n) is 2.49. The summed E-state index contributed by atoms with van der Waals surface area (Å²) in [5.74, 6) is 0. The number of hydrogen-bond donors (Lipinski definition) is 1. The second-order valence-electron chi connectivity index (χ2n) is 3.52. The van der Waals surface area contributed by atoms with Crippen molar-refractivity contribution in [3.05, 3.63) is 60.5 Å². The first-order valence-corrected chi connectivity index (χ1v) is 5.86. The van der Waals surface area contributed by atoms with Gasteiger partial charge < -0.3 is 5.32 Å². The van der Waals surface area contributed by atoms with Crippen LogP contribution in [0, 0.1) is 0 Å². The molecule has 1 N–H and O–H groups in total. The maximum Gasteiger partial charge on any atom is 0.0643 e. The van der Waals surface area contributed by atoms with Crippen LogP contribution in [0.3, 0.4) is 0 Å². The summed E-state index contributed by atoms with van der Waals surface area (Å²) in [6.07, 6.45) is 11.9. The van der Waals surface area contributed by atoms with E-state index in [1.165, 1.54) is 27.2 Å². The minimum absolute atomic E-state index is 1.11. The Morgan fingerprint density at radius 1 is 1.12 bits per heavy atom. The Kier molecular flexibility index (Phi) is 2.31. The van der Waals surface area contributed by atoms with Gasteiger partial charge in [0.15, 0.2) is 0 Å². The molecule has 2 heterocycles. The molecular weight excluding hydrogens is 216 g/mol. The van der Waals surface area contributed by atoms with Gasteiger partial charge in [0.05, 0.1) is 4.70 Å². The van der Waals surface area contributed by atoms with Gasteiger partial charge in [-0.3, -0.25) is 0 Å². The van der Waals surface area contributed by atoms with Crippen molar-refractivity contribution in [1.82, 2.24) is 9.69 Å². The number of hydrogen-bond acceptors (Lipinski definition) is 3.